The molecule has 0 N–H and O–H groups in total. The minimum Gasteiger partial charge on any atom is -0.438 e. The molecule has 4 nitrogen and oxygen atoms in total. The minimum atomic E-state index is -0.657. The van der Waals surface area contributed by atoms with E-state index in [1.807, 2.05) is 30.3 Å². The van der Waals surface area contributed by atoms with Gasteiger partial charge in [0.2, 0.25) is 0 Å². The molecule has 0 radical (unpaired) electrons. The lowest BCUT2D eigenvalue weighted by Gasteiger charge is -1.89. The standard InChI is InChI=1S/C8H7N.C3H6O3/c9-7-6-8-4-2-1-3-5-8;1-5-3(4)6-2/h1-5H,6H2;1-2H3. The zero-order chi connectivity index (χ0) is 11.5. The third-order valence-corrected chi connectivity index (χ3v) is 1.46. The van der Waals surface area contributed by atoms with Crippen LogP contribution in [0, 0.1) is 11.3 Å². The molecule has 1 aromatic rings. The van der Waals surface area contributed by atoms with Gasteiger partial charge in [0.15, 0.2) is 0 Å². The molecule has 0 aliphatic rings. The van der Waals surface area contributed by atoms with Crippen LogP contribution in [0.2, 0.25) is 0 Å². The highest BCUT2D eigenvalue weighted by Gasteiger charge is 1.88. The Bertz CT molecular complexity index is 310. The number of benzene rings is 1. The van der Waals surface area contributed by atoms with E-state index < -0.39 is 6.16 Å². The summed E-state index contributed by atoms with van der Waals surface area (Å²) >= 11 is 0. The predicted octanol–water partition coefficient (Wildman–Crippen LogP) is 2.15. The second-order valence-electron chi connectivity index (χ2n) is 2.48. The summed E-state index contributed by atoms with van der Waals surface area (Å²) < 4.78 is 8.08. The van der Waals surface area contributed by atoms with Crippen molar-refractivity contribution in [1.82, 2.24) is 0 Å². The molecule has 4 heteroatoms. The van der Waals surface area contributed by atoms with Gasteiger partial charge in [-0.3, -0.25) is 0 Å². The van der Waals surface area contributed by atoms with Crippen LogP contribution in [0.25, 0.3) is 0 Å². The third-order valence-electron chi connectivity index (χ3n) is 1.46. The highest BCUT2D eigenvalue weighted by molar-refractivity contribution is 5.59. The second-order valence-corrected chi connectivity index (χ2v) is 2.48. The third kappa shape index (κ3) is 7.08. The Labute approximate surface area is 89.0 Å². The lowest BCUT2D eigenvalue weighted by atomic mass is 10.2. The van der Waals surface area contributed by atoms with Gasteiger partial charge in [-0.05, 0) is 5.56 Å². The van der Waals surface area contributed by atoms with Crippen LogP contribution in [-0.4, -0.2) is 20.4 Å². The number of nitrogens with zero attached hydrogens (tertiary/aromatic N) is 1. The average molecular weight is 207 g/mol. The van der Waals surface area contributed by atoms with E-state index in [0.717, 1.165) is 5.56 Å². The largest absolute Gasteiger partial charge is 0.507 e. The summed E-state index contributed by atoms with van der Waals surface area (Å²) in [6, 6.07) is 11.8. The first kappa shape index (κ1) is 13.0. The zero-order valence-electron chi connectivity index (χ0n) is 8.77. The van der Waals surface area contributed by atoms with E-state index in [4.69, 9.17) is 5.26 Å². The first-order chi connectivity index (χ1) is 7.24. The number of rotatable bonds is 1. The van der Waals surface area contributed by atoms with Crippen molar-refractivity contribution in [1.29, 1.82) is 5.26 Å². The van der Waals surface area contributed by atoms with E-state index in [0.29, 0.717) is 6.42 Å². The Kier molecular flexibility index (Phi) is 7.42. The Hall–Kier alpha value is -2.02. The van der Waals surface area contributed by atoms with Gasteiger partial charge in [0.1, 0.15) is 0 Å². The first-order valence-electron chi connectivity index (χ1n) is 4.27. The summed E-state index contributed by atoms with van der Waals surface area (Å²) in [5.41, 5.74) is 1.08. The lowest BCUT2D eigenvalue weighted by Crippen LogP contribution is -1.97. The fraction of sp³-hybridized carbons (Fsp3) is 0.273. The number of methoxy groups -OCH3 is 2. The van der Waals surface area contributed by atoms with Crippen LogP contribution < -0.4 is 0 Å². The van der Waals surface area contributed by atoms with E-state index in [2.05, 4.69) is 15.5 Å². The molecule has 0 saturated heterocycles. The molecule has 15 heavy (non-hydrogen) atoms. The Morgan fingerprint density at radius 2 is 1.80 bits per heavy atom. The zero-order valence-corrected chi connectivity index (χ0v) is 8.77. The first-order valence-corrected chi connectivity index (χ1v) is 4.27. The molecule has 1 aromatic carbocycles. The minimum absolute atomic E-state index is 0.515. The molecule has 0 bridgehead atoms. The van der Waals surface area contributed by atoms with Crippen LogP contribution in [-0.2, 0) is 15.9 Å². The SMILES string of the molecule is COC(=O)OC.N#CCc1ccccc1. The number of nitriles is 1. The molecule has 0 aliphatic carbocycles. The van der Waals surface area contributed by atoms with E-state index >= 15 is 0 Å². The van der Waals surface area contributed by atoms with Crippen LogP contribution in [0.1, 0.15) is 5.56 Å². The Balaban J connectivity index is 0.000000288. The highest BCUT2D eigenvalue weighted by atomic mass is 16.7. The molecule has 0 heterocycles. The van der Waals surface area contributed by atoms with Crippen molar-refractivity contribution in [3.8, 4) is 6.07 Å². The molecule has 80 valence electrons. The summed E-state index contributed by atoms with van der Waals surface area (Å²) in [6.45, 7) is 0. The van der Waals surface area contributed by atoms with E-state index in [1.54, 1.807) is 0 Å². The van der Waals surface area contributed by atoms with Crippen molar-refractivity contribution < 1.29 is 14.3 Å². The van der Waals surface area contributed by atoms with Gasteiger partial charge in [0.25, 0.3) is 0 Å². The van der Waals surface area contributed by atoms with Gasteiger partial charge in [0.05, 0.1) is 26.7 Å². The van der Waals surface area contributed by atoms with Crippen molar-refractivity contribution in [2.45, 2.75) is 6.42 Å². The summed E-state index contributed by atoms with van der Waals surface area (Å²) in [7, 11) is 2.51. The van der Waals surface area contributed by atoms with Crippen LogP contribution in [0.5, 0.6) is 0 Å². The second kappa shape index (κ2) is 8.57. The van der Waals surface area contributed by atoms with Gasteiger partial charge in [-0.2, -0.15) is 5.26 Å². The number of hydrogen-bond donors (Lipinski definition) is 0. The van der Waals surface area contributed by atoms with E-state index in [-0.39, 0.29) is 0 Å². The maximum absolute atomic E-state index is 9.74. The van der Waals surface area contributed by atoms with Gasteiger partial charge >= 0.3 is 6.16 Å². The maximum atomic E-state index is 9.74. The van der Waals surface area contributed by atoms with E-state index in [1.165, 1.54) is 14.2 Å². The van der Waals surface area contributed by atoms with Crippen LogP contribution >= 0.6 is 0 Å². The lowest BCUT2D eigenvalue weighted by molar-refractivity contribution is 0.0924. The quantitative estimate of drug-likeness (QED) is 0.662. The molecule has 1 rings (SSSR count). The molecule has 0 aliphatic heterocycles. The summed E-state index contributed by atoms with van der Waals surface area (Å²) in [5.74, 6) is 0. The summed E-state index contributed by atoms with van der Waals surface area (Å²) in [6.07, 6.45) is -0.143. The van der Waals surface area contributed by atoms with Crippen molar-refractivity contribution in [3.63, 3.8) is 0 Å². The molecule has 0 atom stereocenters. The molecule has 0 amide bonds. The van der Waals surface area contributed by atoms with Gasteiger partial charge in [-0.25, -0.2) is 4.79 Å². The summed E-state index contributed by atoms with van der Waals surface area (Å²) in [4.78, 5) is 9.74. The number of ether oxygens (including phenoxy) is 2. The smallest absolute Gasteiger partial charge is 0.438 e. The van der Waals surface area contributed by atoms with Crippen LogP contribution in [0.15, 0.2) is 30.3 Å². The predicted molar refractivity (Wildman–Crippen MR) is 55.2 cm³/mol. The number of carbonyl (C=O) groups is 1. The van der Waals surface area contributed by atoms with Crippen molar-refractivity contribution in [2.75, 3.05) is 14.2 Å². The van der Waals surface area contributed by atoms with Crippen molar-refractivity contribution in [3.05, 3.63) is 35.9 Å². The number of carbonyl (C=O) groups excluding carboxylic acids is 1. The van der Waals surface area contributed by atoms with Gasteiger partial charge in [-0.15, -0.1) is 0 Å². The molecular weight excluding hydrogens is 194 g/mol. The van der Waals surface area contributed by atoms with E-state index in [9.17, 15) is 4.79 Å². The highest BCUT2D eigenvalue weighted by Crippen LogP contribution is 1.96. The monoisotopic (exact) mass is 207 g/mol. The molecule has 0 unspecified atom stereocenters. The summed E-state index contributed by atoms with van der Waals surface area (Å²) in [5, 5.41) is 8.27. The molecular formula is C11H13NO3. The molecule has 0 aromatic heterocycles. The molecule has 0 spiro atoms. The fourth-order valence-electron chi connectivity index (χ4n) is 0.770. The Morgan fingerprint density at radius 3 is 2.13 bits per heavy atom. The Morgan fingerprint density at radius 1 is 1.27 bits per heavy atom. The molecule has 0 fully saturated rings. The molecule has 0 saturated carbocycles. The van der Waals surface area contributed by atoms with Gasteiger partial charge < -0.3 is 9.47 Å². The normalized spacial score (nSPS) is 7.80. The average Bonchev–Trinajstić information content (AvgIpc) is 2.31. The van der Waals surface area contributed by atoms with Crippen LogP contribution in [0.4, 0.5) is 4.79 Å². The maximum Gasteiger partial charge on any atom is 0.507 e. The number of hydrogen-bond acceptors (Lipinski definition) is 4. The van der Waals surface area contributed by atoms with Gasteiger partial charge in [0, 0.05) is 0 Å². The fourth-order valence-corrected chi connectivity index (χ4v) is 0.770. The van der Waals surface area contributed by atoms with Crippen molar-refractivity contribution in [2.24, 2.45) is 0 Å². The topological polar surface area (TPSA) is 59.3 Å². The van der Waals surface area contributed by atoms with Gasteiger partial charge in [-0.1, -0.05) is 30.3 Å². The van der Waals surface area contributed by atoms with Crippen LogP contribution in [0.3, 0.4) is 0 Å². The van der Waals surface area contributed by atoms with Crippen molar-refractivity contribution >= 4 is 6.16 Å².